The Kier molecular flexibility index (Phi) is 5.66. The van der Waals surface area contributed by atoms with Crippen molar-refractivity contribution in [1.82, 2.24) is 24.6 Å². The van der Waals surface area contributed by atoms with Gasteiger partial charge in [0.05, 0.1) is 17.4 Å². The number of hydrogen-bond donors (Lipinski definition) is 3. The fraction of sp³-hybridized carbons (Fsp3) is 0.125. The lowest BCUT2D eigenvalue weighted by Crippen LogP contribution is -2.51. The summed E-state index contributed by atoms with van der Waals surface area (Å²) >= 11 is 0. The molecule has 1 saturated carbocycles. The van der Waals surface area contributed by atoms with Crippen LogP contribution >= 0.6 is 0 Å². The number of rotatable bonds is 5. The molecule has 0 atom stereocenters. The maximum atomic E-state index is 9.85. The average Bonchev–Trinajstić information content (AvgIpc) is 3.36. The number of hydrogen-bond acceptors (Lipinski definition) is 7. The Hall–Kier alpha value is -4.92. The van der Waals surface area contributed by atoms with Gasteiger partial charge in [0.15, 0.2) is 5.65 Å². The highest BCUT2D eigenvalue weighted by atomic mass is 16.3. The van der Waals surface area contributed by atoms with Crippen molar-refractivity contribution in [3.8, 4) is 44.8 Å². The minimum absolute atomic E-state index is 0.207. The van der Waals surface area contributed by atoms with Crippen LogP contribution in [-0.2, 0) is 5.54 Å². The molecule has 8 nitrogen and oxygen atoms in total. The predicted molar refractivity (Wildman–Crippen MR) is 156 cm³/mol. The first-order chi connectivity index (χ1) is 19.5. The van der Waals surface area contributed by atoms with E-state index in [1.165, 1.54) is 0 Å². The fourth-order valence-corrected chi connectivity index (χ4v) is 5.53. The van der Waals surface area contributed by atoms with Crippen molar-refractivity contribution in [2.24, 2.45) is 5.73 Å². The molecule has 40 heavy (non-hydrogen) atoms. The minimum atomic E-state index is -0.490. The zero-order valence-electron chi connectivity index (χ0n) is 21.6. The van der Waals surface area contributed by atoms with Gasteiger partial charge in [0.2, 0.25) is 5.95 Å². The molecule has 1 aliphatic rings. The van der Waals surface area contributed by atoms with Crippen LogP contribution in [0.3, 0.4) is 0 Å². The van der Waals surface area contributed by atoms with Crippen LogP contribution in [0.2, 0.25) is 0 Å². The van der Waals surface area contributed by atoms with Crippen LogP contribution < -0.4 is 11.5 Å². The van der Waals surface area contributed by atoms with Crippen molar-refractivity contribution in [1.29, 1.82) is 0 Å². The van der Waals surface area contributed by atoms with Crippen LogP contribution in [0.5, 0.6) is 0 Å². The van der Waals surface area contributed by atoms with Crippen LogP contribution in [-0.4, -0.2) is 35.8 Å². The number of fused-ring (bicyclic) bond motifs is 1. The molecule has 1 fully saturated rings. The highest BCUT2D eigenvalue weighted by molar-refractivity contribution is 5.92. The molecule has 0 bridgehead atoms. The summed E-state index contributed by atoms with van der Waals surface area (Å²) in [5, 5.41) is 14.8. The van der Waals surface area contributed by atoms with Gasteiger partial charge in [-0.1, -0.05) is 84.9 Å². The van der Waals surface area contributed by atoms with Gasteiger partial charge < -0.3 is 16.6 Å². The van der Waals surface area contributed by atoms with E-state index in [1.54, 1.807) is 12.4 Å². The Morgan fingerprint density at radius 3 is 1.98 bits per heavy atom. The molecule has 3 aromatic carbocycles. The van der Waals surface area contributed by atoms with Gasteiger partial charge in [-0.25, -0.2) is 19.5 Å². The van der Waals surface area contributed by atoms with E-state index < -0.39 is 5.54 Å². The summed E-state index contributed by atoms with van der Waals surface area (Å²) in [6.07, 6.45) is 6.24. The number of nitrogen functional groups attached to an aromatic ring is 1. The Balaban J connectivity index is 1.47. The lowest BCUT2D eigenvalue weighted by atomic mass is 9.70. The molecule has 3 heterocycles. The number of nitrogens with two attached hydrogens (primary N) is 2. The molecule has 0 saturated heterocycles. The summed E-state index contributed by atoms with van der Waals surface area (Å²) in [5.74, 6) is 0.207. The first kappa shape index (κ1) is 24.1. The molecule has 0 aliphatic heterocycles. The first-order valence-corrected chi connectivity index (χ1v) is 13.2. The average molecular weight is 526 g/mol. The number of aliphatic hydroxyl groups is 1. The maximum Gasteiger partial charge on any atom is 0.219 e. The van der Waals surface area contributed by atoms with Crippen molar-refractivity contribution < 1.29 is 5.11 Å². The molecule has 196 valence electrons. The zero-order valence-corrected chi connectivity index (χ0v) is 21.6. The third-order valence-electron chi connectivity index (χ3n) is 7.63. The van der Waals surface area contributed by atoms with E-state index in [2.05, 4.69) is 34.2 Å². The molecular weight excluding hydrogens is 498 g/mol. The standard InChI is InChI=1S/C32H27N7O/c33-31-35-17-23(18-36-31)27-29(21-9-5-2-6-10-21)38-39-19-26(20-7-3-1-4-8-20)28(37-30(27)39)22-11-13-24(14-12-22)32(34)15-25(40)16-32/h1-14,17-19,25,40H,15-16,34H2,(H2,33,35,36). The number of benzene rings is 3. The largest absolute Gasteiger partial charge is 0.393 e. The number of anilines is 1. The summed E-state index contributed by atoms with van der Waals surface area (Å²) in [4.78, 5) is 13.7. The normalized spacial score (nSPS) is 18.5. The van der Waals surface area contributed by atoms with Crippen LogP contribution in [0.15, 0.2) is 104 Å². The van der Waals surface area contributed by atoms with Gasteiger partial charge in [-0.15, -0.1) is 0 Å². The van der Waals surface area contributed by atoms with Crippen molar-refractivity contribution in [2.75, 3.05) is 5.73 Å². The summed E-state index contributed by atoms with van der Waals surface area (Å²) in [6.45, 7) is 0. The summed E-state index contributed by atoms with van der Waals surface area (Å²) in [5.41, 5.74) is 20.7. The fourth-order valence-electron chi connectivity index (χ4n) is 5.53. The molecule has 5 N–H and O–H groups in total. The maximum absolute atomic E-state index is 9.85. The summed E-state index contributed by atoms with van der Waals surface area (Å²) in [7, 11) is 0. The second-order valence-corrected chi connectivity index (χ2v) is 10.4. The quantitative estimate of drug-likeness (QED) is 0.286. The molecule has 0 amide bonds. The van der Waals surface area contributed by atoms with Crippen LogP contribution in [0.1, 0.15) is 18.4 Å². The number of nitrogens with zero attached hydrogens (tertiary/aromatic N) is 5. The molecule has 3 aromatic heterocycles. The van der Waals surface area contributed by atoms with E-state index in [9.17, 15) is 5.11 Å². The van der Waals surface area contributed by atoms with E-state index in [-0.39, 0.29) is 12.1 Å². The zero-order chi connectivity index (χ0) is 27.3. The van der Waals surface area contributed by atoms with Crippen molar-refractivity contribution in [2.45, 2.75) is 24.5 Å². The van der Waals surface area contributed by atoms with Gasteiger partial charge in [0.25, 0.3) is 0 Å². The van der Waals surface area contributed by atoms with Crippen LogP contribution in [0, 0.1) is 0 Å². The van der Waals surface area contributed by atoms with E-state index >= 15 is 0 Å². The Bertz CT molecular complexity index is 1810. The highest BCUT2D eigenvalue weighted by Crippen LogP contribution is 2.41. The van der Waals surface area contributed by atoms with Gasteiger partial charge in [0, 0.05) is 46.4 Å². The monoisotopic (exact) mass is 525 g/mol. The van der Waals surface area contributed by atoms with Gasteiger partial charge in [-0.2, -0.15) is 5.10 Å². The van der Waals surface area contributed by atoms with Crippen molar-refractivity contribution >= 4 is 11.6 Å². The highest BCUT2D eigenvalue weighted by Gasteiger charge is 2.41. The van der Waals surface area contributed by atoms with E-state index in [4.69, 9.17) is 21.5 Å². The van der Waals surface area contributed by atoms with Crippen LogP contribution in [0.25, 0.3) is 50.4 Å². The summed E-state index contributed by atoms with van der Waals surface area (Å²) in [6, 6.07) is 28.4. The smallest absolute Gasteiger partial charge is 0.219 e. The molecule has 0 unspecified atom stereocenters. The van der Waals surface area contributed by atoms with Crippen molar-refractivity contribution in [3.05, 3.63) is 109 Å². The Morgan fingerprint density at radius 2 is 1.35 bits per heavy atom. The number of aromatic nitrogens is 5. The lowest BCUT2D eigenvalue weighted by molar-refractivity contribution is 0.0209. The predicted octanol–water partition coefficient (Wildman–Crippen LogP) is 5.08. The number of aliphatic hydroxyl groups excluding tert-OH is 1. The van der Waals surface area contributed by atoms with Gasteiger partial charge in [-0.05, 0) is 24.0 Å². The molecule has 7 rings (SSSR count). The molecular formula is C32H27N7O. The molecule has 1 aliphatic carbocycles. The van der Waals surface area contributed by atoms with Gasteiger partial charge >= 0.3 is 0 Å². The van der Waals surface area contributed by atoms with Crippen molar-refractivity contribution in [3.63, 3.8) is 0 Å². The Morgan fingerprint density at radius 1 is 0.750 bits per heavy atom. The third kappa shape index (κ3) is 4.10. The molecule has 0 spiro atoms. The third-order valence-corrected chi connectivity index (χ3v) is 7.63. The second kappa shape index (κ2) is 9.37. The van der Waals surface area contributed by atoms with Gasteiger partial charge in [0.1, 0.15) is 5.69 Å². The minimum Gasteiger partial charge on any atom is -0.393 e. The first-order valence-electron chi connectivity index (χ1n) is 13.2. The van der Waals surface area contributed by atoms with E-state index in [0.717, 1.165) is 50.3 Å². The molecule has 6 aromatic rings. The SMILES string of the molecule is Nc1ncc(-c2c(-c3ccccc3)nn3cc(-c4ccccc4)c(-c4ccc(C5(N)CC(O)C5)cc4)nc23)cn1. The summed E-state index contributed by atoms with van der Waals surface area (Å²) < 4.78 is 1.83. The van der Waals surface area contributed by atoms with E-state index in [1.807, 2.05) is 71.4 Å². The van der Waals surface area contributed by atoms with Crippen LogP contribution in [0.4, 0.5) is 5.95 Å². The molecule has 0 radical (unpaired) electrons. The molecule has 8 heteroatoms. The lowest BCUT2D eigenvalue weighted by Gasteiger charge is -2.42. The Labute approximate surface area is 231 Å². The van der Waals surface area contributed by atoms with E-state index in [0.29, 0.717) is 18.5 Å². The topological polar surface area (TPSA) is 128 Å². The van der Waals surface area contributed by atoms with Gasteiger partial charge in [-0.3, -0.25) is 0 Å². The second-order valence-electron chi connectivity index (χ2n) is 10.4.